The minimum Gasteiger partial charge on any atom is -0.493 e. The fourth-order valence-electron chi connectivity index (χ4n) is 3.77. The average molecular weight is 452 g/mol. The number of rotatable bonds is 6. The van der Waals surface area contributed by atoms with E-state index in [2.05, 4.69) is 5.32 Å². The molecule has 0 bridgehead atoms. The molecule has 7 nitrogen and oxygen atoms in total. The van der Waals surface area contributed by atoms with Crippen LogP contribution in [0.25, 0.3) is 0 Å². The van der Waals surface area contributed by atoms with Gasteiger partial charge in [-0.25, -0.2) is 4.99 Å². The molecule has 0 fully saturated rings. The Morgan fingerprint density at radius 2 is 1.91 bits per heavy atom. The van der Waals surface area contributed by atoms with Crippen LogP contribution in [-0.4, -0.2) is 42.4 Å². The van der Waals surface area contributed by atoms with Gasteiger partial charge in [-0.2, -0.15) is 0 Å². The van der Waals surface area contributed by atoms with E-state index in [9.17, 15) is 9.59 Å². The first-order chi connectivity index (χ1) is 15.4. The van der Waals surface area contributed by atoms with Crippen molar-refractivity contribution in [3.05, 3.63) is 82.5 Å². The van der Waals surface area contributed by atoms with Gasteiger partial charge in [0.2, 0.25) is 5.66 Å². The standard InChI is InChI=1S/C24H22ClN3O4/c1-15-7-6-12-28-21(15)26-24(23(28)30,27-22(29)17-8-4-5-9-18(17)25)14-16-10-11-19(31-2)20(13-16)32-3/h4-13H,14H2,1-3H3,(H,27,29)/t24-/m0/s1. The number of amides is 2. The van der Waals surface area contributed by atoms with Crippen molar-refractivity contribution in [3.8, 4) is 11.5 Å². The first-order valence-electron chi connectivity index (χ1n) is 9.95. The monoisotopic (exact) mass is 451 g/mol. The molecule has 0 spiro atoms. The zero-order valence-electron chi connectivity index (χ0n) is 17.9. The van der Waals surface area contributed by atoms with Crippen molar-refractivity contribution in [3.63, 3.8) is 0 Å². The Hall–Kier alpha value is -3.58. The van der Waals surface area contributed by atoms with E-state index < -0.39 is 11.6 Å². The highest BCUT2D eigenvalue weighted by Crippen LogP contribution is 2.33. The van der Waals surface area contributed by atoms with Gasteiger partial charge in [0.05, 0.1) is 24.8 Å². The lowest BCUT2D eigenvalue weighted by Crippen LogP contribution is -2.55. The van der Waals surface area contributed by atoms with Crippen LogP contribution in [0.5, 0.6) is 11.5 Å². The van der Waals surface area contributed by atoms with Gasteiger partial charge in [0.15, 0.2) is 11.5 Å². The number of nitrogens with one attached hydrogen (secondary N) is 1. The van der Waals surface area contributed by atoms with Gasteiger partial charge in [-0.3, -0.25) is 14.5 Å². The van der Waals surface area contributed by atoms with Crippen molar-refractivity contribution in [2.45, 2.75) is 19.0 Å². The molecule has 0 saturated carbocycles. The number of amidine groups is 1. The summed E-state index contributed by atoms with van der Waals surface area (Å²) in [5.41, 5.74) is 0.281. The summed E-state index contributed by atoms with van der Waals surface area (Å²) in [7, 11) is 3.09. The Morgan fingerprint density at radius 1 is 1.16 bits per heavy atom. The second-order valence-electron chi connectivity index (χ2n) is 7.46. The van der Waals surface area contributed by atoms with Crippen LogP contribution in [0, 0.1) is 0 Å². The first-order valence-corrected chi connectivity index (χ1v) is 10.3. The van der Waals surface area contributed by atoms with Gasteiger partial charge in [0.1, 0.15) is 5.84 Å². The largest absolute Gasteiger partial charge is 0.493 e. The number of carbonyl (C=O) groups is 2. The number of carbonyl (C=O) groups excluding carboxylic acids is 2. The lowest BCUT2D eigenvalue weighted by atomic mass is 9.98. The summed E-state index contributed by atoms with van der Waals surface area (Å²) in [6, 6.07) is 12.0. The summed E-state index contributed by atoms with van der Waals surface area (Å²) in [5.74, 6) is 0.737. The van der Waals surface area contributed by atoms with E-state index in [0.717, 1.165) is 11.1 Å². The number of halogens is 1. The number of allylic oxidation sites excluding steroid dienone is 2. The predicted octanol–water partition coefficient (Wildman–Crippen LogP) is 3.74. The van der Waals surface area contributed by atoms with Crippen LogP contribution in [0.4, 0.5) is 0 Å². The predicted molar refractivity (Wildman–Crippen MR) is 122 cm³/mol. The van der Waals surface area contributed by atoms with Crippen LogP contribution in [0.1, 0.15) is 22.8 Å². The maximum absolute atomic E-state index is 13.6. The van der Waals surface area contributed by atoms with Crippen molar-refractivity contribution in [1.82, 2.24) is 10.2 Å². The van der Waals surface area contributed by atoms with Gasteiger partial charge in [-0.1, -0.05) is 35.9 Å². The molecule has 0 aromatic heterocycles. The molecule has 2 aromatic carbocycles. The van der Waals surface area contributed by atoms with Gasteiger partial charge < -0.3 is 14.8 Å². The molecular formula is C24H22ClN3O4. The van der Waals surface area contributed by atoms with Gasteiger partial charge in [0, 0.05) is 12.6 Å². The molecule has 2 amide bonds. The lowest BCUT2D eigenvalue weighted by molar-refractivity contribution is -0.130. The van der Waals surface area contributed by atoms with Crippen molar-refractivity contribution >= 4 is 29.3 Å². The zero-order valence-corrected chi connectivity index (χ0v) is 18.6. The third-order valence-corrected chi connectivity index (χ3v) is 5.71. The Labute approximate surface area is 191 Å². The number of fused-ring (bicyclic) bond motifs is 1. The molecule has 4 rings (SSSR count). The van der Waals surface area contributed by atoms with E-state index in [1.807, 2.05) is 19.1 Å². The third-order valence-electron chi connectivity index (χ3n) is 5.38. The van der Waals surface area contributed by atoms with Crippen LogP contribution < -0.4 is 14.8 Å². The number of nitrogens with zero attached hydrogens (tertiary/aromatic N) is 2. The molecule has 32 heavy (non-hydrogen) atoms. The SMILES string of the molecule is COc1ccc(C[C@@]2(NC(=O)c3ccccc3Cl)N=C3C(C)=CC=CN3C2=O)cc1OC. The van der Waals surface area contributed by atoms with Gasteiger partial charge in [-0.15, -0.1) is 0 Å². The fraction of sp³-hybridized carbons (Fsp3) is 0.208. The summed E-state index contributed by atoms with van der Waals surface area (Å²) in [6.07, 6.45) is 5.40. The first kappa shape index (κ1) is 21.6. The second-order valence-corrected chi connectivity index (χ2v) is 7.87. The normalized spacial score (nSPS) is 19.2. The molecule has 1 N–H and O–H groups in total. The third kappa shape index (κ3) is 3.76. The molecule has 0 saturated heterocycles. The molecular weight excluding hydrogens is 430 g/mol. The highest BCUT2D eigenvalue weighted by molar-refractivity contribution is 6.34. The Balaban J connectivity index is 1.77. The summed E-state index contributed by atoms with van der Waals surface area (Å²) in [4.78, 5) is 32.9. The van der Waals surface area contributed by atoms with Crippen LogP contribution in [0.2, 0.25) is 5.02 Å². The zero-order chi connectivity index (χ0) is 22.9. The van der Waals surface area contributed by atoms with E-state index in [0.29, 0.717) is 17.3 Å². The number of benzene rings is 2. The van der Waals surface area contributed by atoms with Crippen LogP contribution in [-0.2, 0) is 11.2 Å². The number of hydrogen-bond donors (Lipinski definition) is 1. The average Bonchev–Trinajstić information content (AvgIpc) is 3.06. The molecule has 2 aliphatic heterocycles. The highest BCUT2D eigenvalue weighted by atomic mass is 35.5. The van der Waals surface area contributed by atoms with Crippen LogP contribution >= 0.6 is 11.6 Å². The molecule has 2 heterocycles. The molecule has 0 aliphatic carbocycles. The van der Waals surface area contributed by atoms with E-state index in [4.69, 9.17) is 26.1 Å². The van der Waals surface area contributed by atoms with Crippen molar-refractivity contribution in [2.75, 3.05) is 14.2 Å². The number of aliphatic imine (C=N–C) groups is 1. The van der Waals surface area contributed by atoms with Gasteiger partial charge in [-0.05, 0) is 48.4 Å². The van der Waals surface area contributed by atoms with E-state index >= 15 is 0 Å². The number of methoxy groups -OCH3 is 2. The Bertz CT molecular complexity index is 1190. The lowest BCUT2D eigenvalue weighted by Gasteiger charge is -2.27. The Kier molecular flexibility index (Phi) is 5.76. The fourth-order valence-corrected chi connectivity index (χ4v) is 3.99. The Morgan fingerprint density at radius 3 is 2.59 bits per heavy atom. The summed E-state index contributed by atoms with van der Waals surface area (Å²) in [6.45, 7) is 1.87. The van der Waals surface area contributed by atoms with E-state index in [1.165, 1.54) is 12.0 Å². The smallest absolute Gasteiger partial charge is 0.281 e. The molecule has 0 unspecified atom stereocenters. The summed E-state index contributed by atoms with van der Waals surface area (Å²) in [5, 5.41) is 3.15. The maximum atomic E-state index is 13.6. The number of hydrogen-bond acceptors (Lipinski definition) is 5. The van der Waals surface area contributed by atoms with Crippen molar-refractivity contribution in [2.24, 2.45) is 4.99 Å². The van der Waals surface area contributed by atoms with Crippen molar-refractivity contribution in [1.29, 1.82) is 0 Å². The second kappa shape index (κ2) is 8.51. The van der Waals surface area contributed by atoms with Crippen LogP contribution in [0.15, 0.2) is 71.4 Å². The maximum Gasteiger partial charge on any atom is 0.281 e. The van der Waals surface area contributed by atoms with E-state index in [1.54, 1.807) is 55.8 Å². The van der Waals surface area contributed by atoms with Gasteiger partial charge >= 0.3 is 0 Å². The van der Waals surface area contributed by atoms with Gasteiger partial charge in [0.25, 0.3) is 11.8 Å². The summed E-state index contributed by atoms with van der Waals surface area (Å²) >= 11 is 6.22. The molecule has 1 atom stereocenters. The minimum absolute atomic E-state index is 0.115. The number of ether oxygens (including phenoxy) is 2. The molecule has 0 radical (unpaired) electrons. The molecule has 2 aliphatic rings. The summed E-state index contributed by atoms with van der Waals surface area (Å²) < 4.78 is 10.7. The van der Waals surface area contributed by atoms with E-state index in [-0.39, 0.29) is 22.9 Å². The molecule has 2 aromatic rings. The minimum atomic E-state index is -1.55. The molecule has 164 valence electrons. The quantitative estimate of drug-likeness (QED) is 0.725. The highest BCUT2D eigenvalue weighted by Gasteiger charge is 2.50. The van der Waals surface area contributed by atoms with Crippen molar-refractivity contribution < 1.29 is 19.1 Å². The topological polar surface area (TPSA) is 80.2 Å². The van der Waals surface area contributed by atoms with Crippen LogP contribution in [0.3, 0.4) is 0 Å². The molecule has 8 heteroatoms.